The van der Waals surface area contributed by atoms with Gasteiger partial charge in [0.15, 0.2) is 0 Å². The number of aromatic hydroxyl groups is 1. The van der Waals surface area contributed by atoms with Gasteiger partial charge >= 0.3 is 0 Å². The fraction of sp³-hybridized carbons (Fsp3) is 0.174. The second kappa shape index (κ2) is 9.46. The minimum absolute atomic E-state index is 0.0264. The summed E-state index contributed by atoms with van der Waals surface area (Å²) in [6.07, 6.45) is -0.0884. The Kier molecular flexibility index (Phi) is 6.91. The first-order valence-corrected chi connectivity index (χ1v) is 10.1. The number of benzene rings is 2. The van der Waals surface area contributed by atoms with E-state index in [9.17, 15) is 19.5 Å². The minimum Gasteiger partial charge on any atom is -0.507 e. The lowest BCUT2D eigenvalue weighted by molar-refractivity contribution is -0.121. The van der Waals surface area contributed by atoms with Crippen molar-refractivity contribution in [2.75, 3.05) is 19.5 Å². The Morgan fingerprint density at radius 1 is 1.03 bits per heavy atom. The molecule has 0 heterocycles. The number of nitrogens with one attached hydrogen (secondary N) is 1. The maximum absolute atomic E-state index is 12.9. The Balaban J connectivity index is 1.92. The standard InChI is InChI=1S/C23H19Cl2NO6/c1-11-15(20(29)22(32-3)21(31-2)18(11)27)9-12-5-4-6-14(19(12)28)23(30)26-17-8-7-13(24)10-16(17)25/h4-8,10,28H,9H2,1-3H3,(H,26,30). The van der Waals surface area contributed by atoms with Gasteiger partial charge in [-0.25, -0.2) is 0 Å². The molecule has 0 aromatic heterocycles. The van der Waals surface area contributed by atoms with Crippen LogP contribution in [-0.4, -0.2) is 36.8 Å². The van der Waals surface area contributed by atoms with Crippen LogP contribution in [0.25, 0.3) is 0 Å². The van der Waals surface area contributed by atoms with Crippen LogP contribution in [0.2, 0.25) is 10.0 Å². The number of hydrogen-bond acceptors (Lipinski definition) is 6. The molecule has 0 fully saturated rings. The summed E-state index contributed by atoms with van der Waals surface area (Å²) in [5.41, 5.74) is 0.892. The summed E-state index contributed by atoms with van der Waals surface area (Å²) in [7, 11) is 2.54. The quantitative estimate of drug-likeness (QED) is 0.597. The van der Waals surface area contributed by atoms with Crippen molar-refractivity contribution in [3.05, 3.63) is 80.2 Å². The number of carbonyl (C=O) groups is 3. The van der Waals surface area contributed by atoms with Gasteiger partial charge in [0.05, 0.1) is 30.5 Å². The minimum atomic E-state index is -0.607. The highest BCUT2D eigenvalue weighted by Gasteiger charge is 2.35. The highest BCUT2D eigenvalue weighted by Crippen LogP contribution is 2.32. The second-order valence-electron chi connectivity index (χ2n) is 6.90. The number of carbonyl (C=O) groups excluding carboxylic acids is 3. The van der Waals surface area contributed by atoms with Gasteiger partial charge in [0.1, 0.15) is 5.75 Å². The first kappa shape index (κ1) is 23.4. The molecule has 0 aliphatic heterocycles. The zero-order valence-electron chi connectivity index (χ0n) is 17.4. The normalized spacial score (nSPS) is 14.0. The van der Waals surface area contributed by atoms with E-state index in [-0.39, 0.29) is 51.0 Å². The van der Waals surface area contributed by atoms with Gasteiger partial charge in [-0.2, -0.15) is 0 Å². The van der Waals surface area contributed by atoms with E-state index in [1.165, 1.54) is 39.3 Å². The molecule has 0 unspecified atom stereocenters. The van der Waals surface area contributed by atoms with E-state index < -0.39 is 17.5 Å². The maximum Gasteiger partial charge on any atom is 0.259 e. The third-order valence-electron chi connectivity index (χ3n) is 5.01. The summed E-state index contributed by atoms with van der Waals surface area (Å²) < 4.78 is 10.1. The lowest BCUT2D eigenvalue weighted by Crippen LogP contribution is -2.26. The average Bonchev–Trinajstić information content (AvgIpc) is 2.76. The SMILES string of the molecule is COC1=C(OC)C(=O)C(Cc2cccc(C(=O)Nc3ccc(Cl)cc3Cl)c2O)=C(C)C1=O. The fourth-order valence-electron chi connectivity index (χ4n) is 3.29. The average molecular weight is 476 g/mol. The monoisotopic (exact) mass is 475 g/mol. The van der Waals surface area contributed by atoms with E-state index >= 15 is 0 Å². The van der Waals surface area contributed by atoms with E-state index in [0.717, 1.165) is 0 Å². The van der Waals surface area contributed by atoms with Gasteiger partial charge in [-0.1, -0.05) is 35.3 Å². The Morgan fingerprint density at radius 3 is 2.31 bits per heavy atom. The number of anilines is 1. The molecule has 7 nitrogen and oxygen atoms in total. The number of Topliss-reactive ketones (excluding diaryl/α,β-unsaturated/α-hetero) is 2. The summed E-state index contributed by atoms with van der Waals surface area (Å²) in [5.74, 6) is -2.31. The molecule has 2 aromatic rings. The Labute approximate surface area is 194 Å². The van der Waals surface area contributed by atoms with E-state index in [1.54, 1.807) is 18.2 Å². The number of halogens is 2. The highest BCUT2D eigenvalue weighted by atomic mass is 35.5. The number of phenolic OH excluding ortho intramolecular Hbond substituents is 1. The Bertz CT molecular complexity index is 1200. The number of ether oxygens (including phenoxy) is 2. The van der Waals surface area contributed by atoms with Gasteiger partial charge < -0.3 is 19.9 Å². The summed E-state index contributed by atoms with van der Waals surface area (Å²) in [6.45, 7) is 1.50. The lowest BCUT2D eigenvalue weighted by atomic mass is 9.88. The van der Waals surface area contributed by atoms with Crippen LogP contribution in [0.3, 0.4) is 0 Å². The molecule has 1 aliphatic rings. The highest BCUT2D eigenvalue weighted by molar-refractivity contribution is 6.36. The lowest BCUT2D eigenvalue weighted by Gasteiger charge is -2.21. The van der Waals surface area contributed by atoms with Crippen molar-refractivity contribution in [3.8, 4) is 5.75 Å². The van der Waals surface area contributed by atoms with Gasteiger partial charge in [0, 0.05) is 22.6 Å². The molecule has 9 heteroatoms. The molecular formula is C23H19Cl2NO6. The summed E-state index contributed by atoms with van der Waals surface area (Å²) >= 11 is 12.0. The molecule has 0 saturated heterocycles. The van der Waals surface area contributed by atoms with Crippen molar-refractivity contribution >= 4 is 46.4 Å². The third kappa shape index (κ3) is 4.35. The molecule has 2 N–H and O–H groups in total. The zero-order valence-corrected chi connectivity index (χ0v) is 18.9. The molecule has 0 saturated carbocycles. The molecule has 0 bridgehead atoms. The van der Waals surface area contributed by atoms with Gasteiger partial charge in [-0.3, -0.25) is 14.4 Å². The molecule has 32 heavy (non-hydrogen) atoms. The fourth-order valence-corrected chi connectivity index (χ4v) is 3.75. The molecule has 3 rings (SSSR count). The van der Waals surface area contributed by atoms with Crippen LogP contribution in [0.5, 0.6) is 5.75 Å². The predicted molar refractivity (Wildman–Crippen MR) is 120 cm³/mol. The number of allylic oxidation sites excluding steroid dienone is 2. The first-order valence-electron chi connectivity index (χ1n) is 9.38. The topological polar surface area (TPSA) is 102 Å². The summed E-state index contributed by atoms with van der Waals surface area (Å²) in [6, 6.07) is 9.13. The van der Waals surface area contributed by atoms with E-state index in [2.05, 4.69) is 5.32 Å². The Hall–Kier alpha value is -3.29. The zero-order chi connectivity index (χ0) is 23.6. The second-order valence-corrected chi connectivity index (χ2v) is 7.74. The predicted octanol–water partition coefficient (Wildman–Crippen LogP) is 4.47. The molecule has 1 aliphatic carbocycles. The van der Waals surface area contributed by atoms with Crippen molar-refractivity contribution in [3.63, 3.8) is 0 Å². The molecular weight excluding hydrogens is 457 g/mol. The summed E-state index contributed by atoms with van der Waals surface area (Å²) in [5, 5.41) is 14.0. The number of phenols is 1. The number of amides is 1. The number of ketones is 2. The van der Waals surface area contributed by atoms with Crippen LogP contribution < -0.4 is 5.32 Å². The van der Waals surface area contributed by atoms with Crippen LogP contribution in [-0.2, 0) is 25.5 Å². The van der Waals surface area contributed by atoms with Crippen LogP contribution in [0.1, 0.15) is 22.8 Å². The van der Waals surface area contributed by atoms with E-state index in [4.69, 9.17) is 32.7 Å². The molecule has 0 spiro atoms. The van der Waals surface area contributed by atoms with Crippen molar-refractivity contribution in [1.29, 1.82) is 0 Å². The molecule has 0 atom stereocenters. The molecule has 2 aromatic carbocycles. The number of hydrogen-bond donors (Lipinski definition) is 2. The summed E-state index contributed by atoms with van der Waals surface area (Å²) in [4.78, 5) is 38.2. The van der Waals surface area contributed by atoms with Crippen molar-refractivity contribution in [2.45, 2.75) is 13.3 Å². The number of rotatable bonds is 6. The first-order chi connectivity index (χ1) is 15.2. The van der Waals surface area contributed by atoms with Gasteiger partial charge in [-0.05, 0) is 36.8 Å². The van der Waals surface area contributed by atoms with Crippen LogP contribution in [0, 0.1) is 0 Å². The van der Waals surface area contributed by atoms with Crippen LogP contribution in [0.4, 0.5) is 5.69 Å². The van der Waals surface area contributed by atoms with Crippen molar-refractivity contribution in [1.82, 2.24) is 0 Å². The third-order valence-corrected chi connectivity index (χ3v) is 5.55. The van der Waals surface area contributed by atoms with Crippen LogP contribution >= 0.6 is 23.2 Å². The van der Waals surface area contributed by atoms with Gasteiger partial charge in [-0.15, -0.1) is 0 Å². The van der Waals surface area contributed by atoms with Crippen molar-refractivity contribution in [2.24, 2.45) is 0 Å². The Morgan fingerprint density at radius 2 is 1.69 bits per heavy atom. The van der Waals surface area contributed by atoms with E-state index in [1.807, 2.05) is 0 Å². The van der Waals surface area contributed by atoms with Gasteiger partial charge in [0.25, 0.3) is 5.91 Å². The largest absolute Gasteiger partial charge is 0.507 e. The molecule has 1 amide bonds. The van der Waals surface area contributed by atoms with Gasteiger partial charge in [0.2, 0.25) is 23.1 Å². The number of para-hydroxylation sites is 1. The number of methoxy groups -OCH3 is 2. The molecule has 166 valence electrons. The maximum atomic E-state index is 12.9. The molecule has 0 radical (unpaired) electrons. The smallest absolute Gasteiger partial charge is 0.259 e. The van der Waals surface area contributed by atoms with E-state index in [0.29, 0.717) is 10.7 Å². The van der Waals surface area contributed by atoms with Crippen LogP contribution in [0.15, 0.2) is 59.1 Å². The van der Waals surface area contributed by atoms with Crippen molar-refractivity contribution < 1.29 is 29.0 Å².